The summed E-state index contributed by atoms with van der Waals surface area (Å²) >= 11 is 0. The van der Waals surface area contributed by atoms with Gasteiger partial charge < -0.3 is 20.3 Å². The zero-order valence-corrected chi connectivity index (χ0v) is 39.0. The Morgan fingerprint density at radius 1 is 0.475 bits per heavy atom. The van der Waals surface area contributed by atoms with E-state index in [1.54, 1.807) is 6.08 Å². The molecule has 0 aliphatic heterocycles. The topological polar surface area (TPSA) is 95.9 Å². The van der Waals surface area contributed by atoms with Gasteiger partial charge in [-0.25, -0.2) is 0 Å². The summed E-state index contributed by atoms with van der Waals surface area (Å²) in [6.07, 6.45) is 59.6. The SMILES string of the molecule is CCCCC/C=C\CCCCCCCC(=O)OCCCCC/C=C\C=C/CCCCCCCCC(=O)NC(CO)C(O)/C=C/CCCCCCCCCCCCCCC. The smallest absolute Gasteiger partial charge is 0.305 e. The van der Waals surface area contributed by atoms with Gasteiger partial charge in [-0.3, -0.25) is 9.59 Å². The van der Waals surface area contributed by atoms with Gasteiger partial charge in [-0.05, 0) is 89.9 Å². The van der Waals surface area contributed by atoms with Crippen LogP contribution in [0.15, 0.2) is 48.6 Å². The van der Waals surface area contributed by atoms with Gasteiger partial charge in [-0.15, -0.1) is 0 Å². The highest BCUT2D eigenvalue weighted by Crippen LogP contribution is 2.14. The van der Waals surface area contributed by atoms with Gasteiger partial charge in [0.1, 0.15) is 0 Å². The van der Waals surface area contributed by atoms with Crippen molar-refractivity contribution in [3.63, 3.8) is 0 Å². The van der Waals surface area contributed by atoms with Gasteiger partial charge in [0.25, 0.3) is 0 Å². The highest BCUT2D eigenvalue weighted by molar-refractivity contribution is 5.76. The fourth-order valence-corrected chi connectivity index (χ4v) is 7.38. The maximum absolute atomic E-state index is 12.4. The molecule has 0 rings (SSSR count). The Morgan fingerprint density at radius 2 is 0.847 bits per heavy atom. The maximum Gasteiger partial charge on any atom is 0.305 e. The Balaban J connectivity index is 3.58. The molecule has 0 aliphatic carbocycles. The van der Waals surface area contributed by atoms with Crippen molar-refractivity contribution in [1.82, 2.24) is 5.32 Å². The second-order valence-electron chi connectivity index (χ2n) is 17.2. The summed E-state index contributed by atoms with van der Waals surface area (Å²) < 4.78 is 5.42. The monoisotopic (exact) mass is 828 g/mol. The number of aliphatic hydroxyl groups excluding tert-OH is 2. The second kappa shape index (κ2) is 48.5. The maximum atomic E-state index is 12.4. The lowest BCUT2D eigenvalue weighted by Crippen LogP contribution is -2.45. The number of hydrogen-bond donors (Lipinski definition) is 3. The number of allylic oxidation sites excluding steroid dienone is 7. The fourth-order valence-electron chi connectivity index (χ4n) is 7.38. The lowest BCUT2D eigenvalue weighted by molar-refractivity contribution is -0.143. The molecule has 6 heteroatoms. The second-order valence-corrected chi connectivity index (χ2v) is 17.2. The van der Waals surface area contributed by atoms with Crippen LogP contribution in [0.4, 0.5) is 0 Å². The van der Waals surface area contributed by atoms with Crippen LogP contribution in [0.2, 0.25) is 0 Å². The number of aliphatic hydroxyl groups is 2. The van der Waals surface area contributed by atoms with Crippen LogP contribution in [0.1, 0.15) is 251 Å². The van der Waals surface area contributed by atoms with Crippen LogP contribution in [0.25, 0.3) is 0 Å². The quantitative estimate of drug-likeness (QED) is 0.0246. The highest BCUT2D eigenvalue weighted by Gasteiger charge is 2.18. The number of unbranched alkanes of at least 4 members (excludes halogenated alkanes) is 30. The minimum atomic E-state index is -0.859. The molecule has 2 atom stereocenters. The van der Waals surface area contributed by atoms with Gasteiger partial charge >= 0.3 is 5.97 Å². The van der Waals surface area contributed by atoms with E-state index in [2.05, 4.69) is 55.6 Å². The van der Waals surface area contributed by atoms with E-state index in [9.17, 15) is 19.8 Å². The van der Waals surface area contributed by atoms with Crippen molar-refractivity contribution in [3.05, 3.63) is 48.6 Å². The van der Waals surface area contributed by atoms with Gasteiger partial charge in [0.05, 0.1) is 25.4 Å². The summed E-state index contributed by atoms with van der Waals surface area (Å²) in [5.74, 6) is -0.126. The molecule has 0 radical (unpaired) electrons. The number of amides is 1. The van der Waals surface area contributed by atoms with E-state index in [1.165, 1.54) is 148 Å². The molecule has 2 unspecified atom stereocenters. The normalized spacial score (nSPS) is 13.1. The van der Waals surface area contributed by atoms with Gasteiger partial charge in [-0.2, -0.15) is 0 Å². The minimum Gasteiger partial charge on any atom is -0.466 e. The number of nitrogens with one attached hydrogen (secondary N) is 1. The average molecular weight is 828 g/mol. The molecular formula is C53H97NO5. The van der Waals surface area contributed by atoms with Gasteiger partial charge in [0, 0.05) is 12.8 Å². The molecule has 0 aromatic carbocycles. The van der Waals surface area contributed by atoms with E-state index in [1.807, 2.05) is 6.08 Å². The molecule has 0 aromatic rings. The summed E-state index contributed by atoms with van der Waals surface area (Å²) in [5, 5.41) is 23.0. The zero-order chi connectivity index (χ0) is 43.0. The van der Waals surface area contributed by atoms with Gasteiger partial charge in [0.15, 0.2) is 0 Å². The summed E-state index contributed by atoms with van der Waals surface area (Å²) in [6, 6.07) is -0.645. The number of esters is 1. The first-order valence-electron chi connectivity index (χ1n) is 25.4. The van der Waals surface area contributed by atoms with Crippen LogP contribution in [-0.2, 0) is 14.3 Å². The molecule has 6 nitrogen and oxygen atoms in total. The predicted molar refractivity (Wildman–Crippen MR) is 255 cm³/mol. The molecular weight excluding hydrogens is 731 g/mol. The standard InChI is InChI=1S/C53H97NO5/c1-3-5-7-9-11-13-15-17-19-22-25-29-33-37-41-45-51(56)50(49-55)54-52(57)46-42-38-34-30-26-23-20-18-21-24-28-32-36-40-44-48-59-53(58)47-43-39-35-31-27-16-14-12-10-8-6-4-2/h12,14,18,21,24,28,41,45,50-51,55-56H,3-11,13,15-17,19-20,22-23,25-27,29-40,42-44,46-49H2,1-2H3,(H,54,57)/b14-12-,21-18-,28-24-,45-41+. The molecule has 344 valence electrons. The van der Waals surface area contributed by atoms with Gasteiger partial charge in [0.2, 0.25) is 5.91 Å². The van der Waals surface area contributed by atoms with Crippen LogP contribution in [0, 0.1) is 0 Å². The Morgan fingerprint density at radius 3 is 1.34 bits per heavy atom. The first-order chi connectivity index (χ1) is 29.0. The van der Waals surface area contributed by atoms with Crippen molar-refractivity contribution in [1.29, 1.82) is 0 Å². The molecule has 0 aliphatic rings. The fraction of sp³-hybridized carbons (Fsp3) is 0.811. The van der Waals surface area contributed by atoms with E-state index in [0.29, 0.717) is 19.4 Å². The molecule has 0 saturated heterocycles. The summed E-state index contributed by atoms with van der Waals surface area (Å²) in [7, 11) is 0. The first kappa shape index (κ1) is 56.8. The van der Waals surface area contributed by atoms with Crippen molar-refractivity contribution in [3.8, 4) is 0 Å². The van der Waals surface area contributed by atoms with Gasteiger partial charge in [-0.1, -0.05) is 197 Å². The van der Waals surface area contributed by atoms with E-state index >= 15 is 0 Å². The van der Waals surface area contributed by atoms with Crippen LogP contribution in [-0.4, -0.2) is 47.4 Å². The summed E-state index contributed by atoms with van der Waals surface area (Å²) in [6.45, 7) is 4.80. The molecule has 1 amide bonds. The number of ether oxygens (including phenoxy) is 1. The molecule has 0 aromatic heterocycles. The summed E-state index contributed by atoms with van der Waals surface area (Å²) in [5.41, 5.74) is 0. The lowest BCUT2D eigenvalue weighted by Gasteiger charge is -2.20. The highest BCUT2D eigenvalue weighted by atomic mass is 16.5. The van der Waals surface area contributed by atoms with E-state index in [-0.39, 0.29) is 18.5 Å². The zero-order valence-electron chi connectivity index (χ0n) is 39.0. The average Bonchev–Trinajstić information content (AvgIpc) is 3.24. The molecule has 0 bridgehead atoms. The predicted octanol–water partition coefficient (Wildman–Crippen LogP) is 15.1. The molecule has 0 saturated carbocycles. The van der Waals surface area contributed by atoms with Crippen molar-refractivity contribution in [2.45, 2.75) is 264 Å². The minimum absolute atomic E-state index is 0.0339. The van der Waals surface area contributed by atoms with Crippen molar-refractivity contribution >= 4 is 11.9 Å². The molecule has 3 N–H and O–H groups in total. The van der Waals surface area contributed by atoms with Crippen LogP contribution < -0.4 is 5.32 Å². The van der Waals surface area contributed by atoms with Crippen LogP contribution >= 0.6 is 0 Å². The van der Waals surface area contributed by atoms with Crippen molar-refractivity contribution in [2.75, 3.05) is 13.2 Å². The number of hydrogen-bond acceptors (Lipinski definition) is 5. The summed E-state index contributed by atoms with van der Waals surface area (Å²) in [4.78, 5) is 24.4. The third-order valence-electron chi connectivity index (χ3n) is 11.3. The van der Waals surface area contributed by atoms with Crippen molar-refractivity contribution < 1.29 is 24.5 Å². The number of carbonyl (C=O) groups excluding carboxylic acids is 2. The first-order valence-corrected chi connectivity index (χ1v) is 25.4. The Kier molecular flexibility index (Phi) is 46.7. The van der Waals surface area contributed by atoms with Crippen LogP contribution in [0.3, 0.4) is 0 Å². The van der Waals surface area contributed by atoms with E-state index in [0.717, 1.165) is 77.0 Å². The molecule has 0 fully saturated rings. The third-order valence-corrected chi connectivity index (χ3v) is 11.3. The molecule has 0 spiro atoms. The van der Waals surface area contributed by atoms with Crippen molar-refractivity contribution in [2.24, 2.45) is 0 Å². The Hall–Kier alpha value is -2.18. The lowest BCUT2D eigenvalue weighted by atomic mass is 10.0. The number of carbonyl (C=O) groups is 2. The third kappa shape index (κ3) is 45.2. The molecule has 0 heterocycles. The number of rotatable bonds is 46. The Labute approximate surface area is 366 Å². The van der Waals surface area contributed by atoms with E-state index in [4.69, 9.17) is 4.74 Å². The van der Waals surface area contributed by atoms with Crippen LogP contribution in [0.5, 0.6) is 0 Å². The van der Waals surface area contributed by atoms with E-state index < -0.39 is 12.1 Å². The molecule has 59 heavy (non-hydrogen) atoms. The largest absolute Gasteiger partial charge is 0.466 e. The Bertz CT molecular complexity index is 1000.